The molecule has 0 saturated carbocycles. The standard InChI is InChI=1S/C14H13NO5/c1-18-7-10-5-15(14(17)20-10)12-8-19-13-4-9(6-16)2-3-11(12)13/h2-4,6,8,10H,5,7H2,1H3. The minimum absolute atomic E-state index is 0.285. The van der Waals surface area contributed by atoms with Gasteiger partial charge >= 0.3 is 6.09 Å². The summed E-state index contributed by atoms with van der Waals surface area (Å²) in [7, 11) is 1.56. The number of aldehydes is 1. The van der Waals surface area contributed by atoms with Crippen LogP contribution in [0.3, 0.4) is 0 Å². The van der Waals surface area contributed by atoms with E-state index < -0.39 is 6.09 Å². The van der Waals surface area contributed by atoms with Gasteiger partial charge in [-0.1, -0.05) is 6.07 Å². The maximum absolute atomic E-state index is 11.9. The summed E-state index contributed by atoms with van der Waals surface area (Å²) in [6.45, 7) is 0.768. The lowest BCUT2D eigenvalue weighted by molar-refractivity contribution is 0.0718. The molecule has 2 heterocycles. The van der Waals surface area contributed by atoms with Crippen molar-refractivity contribution in [3.05, 3.63) is 30.0 Å². The van der Waals surface area contributed by atoms with Crippen LogP contribution in [0, 0.1) is 0 Å². The number of furan rings is 1. The van der Waals surface area contributed by atoms with Gasteiger partial charge in [0.1, 0.15) is 24.2 Å². The molecule has 1 amide bonds. The van der Waals surface area contributed by atoms with E-state index in [4.69, 9.17) is 13.9 Å². The molecule has 0 radical (unpaired) electrons. The highest BCUT2D eigenvalue weighted by Gasteiger charge is 2.34. The fourth-order valence-corrected chi connectivity index (χ4v) is 2.30. The number of benzene rings is 1. The van der Waals surface area contributed by atoms with E-state index in [0.29, 0.717) is 30.0 Å². The van der Waals surface area contributed by atoms with E-state index in [9.17, 15) is 9.59 Å². The molecule has 20 heavy (non-hydrogen) atoms. The van der Waals surface area contributed by atoms with Crippen LogP contribution in [0.15, 0.2) is 28.9 Å². The monoisotopic (exact) mass is 275 g/mol. The zero-order valence-corrected chi connectivity index (χ0v) is 10.9. The molecule has 1 aromatic carbocycles. The van der Waals surface area contributed by atoms with E-state index in [2.05, 4.69) is 0 Å². The Balaban J connectivity index is 1.94. The zero-order valence-electron chi connectivity index (χ0n) is 10.9. The first-order chi connectivity index (χ1) is 9.72. The van der Waals surface area contributed by atoms with Crippen molar-refractivity contribution in [2.45, 2.75) is 6.10 Å². The van der Waals surface area contributed by atoms with Crippen LogP contribution in [0.2, 0.25) is 0 Å². The minimum Gasteiger partial charge on any atom is -0.462 e. The molecule has 1 fully saturated rings. The fourth-order valence-electron chi connectivity index (χ4n) is 2.30. The molecule has 1 aliphatic rings. The number of methoxy groups -OCH3 is 1. The second-order valence-corrected chi connectivity index (χ2v) is 4.57. The van der Waals surface area contributed by atoms with Crippen LogP contribution in [0.1, 0.15) is 10.4 Å². The van der Waals surface area contributed by atoms with Gasteiger partial charge < -0.3 is 13.9 Å². The number of carbonyl (C=O) groups excluding carboxylic acids is 2. The predicted molar refractivity (Wildman–Crippen MR) is 71.1 cm³/mol. The molecule has 6 heteroatoms. The summed E-state index contributed by atoms with van der Waals surface area (Å²) >= 11 is 0. The topological polar surface area (TPSA) is 69.0 Å². The van der Waals surface area contributed by atoms with Crippen molar-refractivity contribution in [1.29, 1.82) is 0 Å². The van der Waals surface area contributed by atoms with Crippen LogP contribution in [0.4, 0.5) is 10.5 Å². The van der Waals surface area contributed by atoms with E-state index >= 15 is 0 Å². The fraction of sp³-hybridized carbons (Fsp3) is 0.286. The van der Waals surface area contributed by atoms with Crippen molar-refractivity contribution in [1.82, 2.24) is 0 Å². The van der Waals surface area contributed by atoms with E-state index in [1.54, 1.807) is 25.3 Å². The van der Waals surface area contributed by atoms with Crippen molar-refractivity contribution >= 4 is 29.0 Å². The summed E-state index contributed by atoms with van der Waals surface area (Å²) in [5.41, 5.74) is 1.73. The predicted octanol–water partition coefficient (Wildman–Crippen LogP) is 2.22. The number of carbonyl (C=O) groups is 2. The summed E-state index contributed by atoms with van der Waals surface area (Å²) in [4.78, 5) is 24.1. The summed E-state index contributed by atoms with van der Waals surface area (Å²) < 4.78 is 15.6. The lowest BCUT2D eigenvalue weighted by Gasteiger charge is -2.10. The van der Waals surface area contributed by atoms with Crippen LogP contribution in [0.5, 0.6) is 0 Å². The molecule has 1 aliphatic heterocycles. The molecule has 0 N–H and O–H groups in total. The number of anilines is 1. The van der Waals surface area contributed by atoms with Gasteiger partial charge in [0.05, 0.1) is 18.8 Å². The van der Waals surface area contributed by atoms with Gasteiger partial charge in [0.25, 0.3) is 0 Å². The lowest BCUT2D eigenvalue weighted by atomic mass is 10.1. The highest BCUT2D eigenvalue weighted by Crippen LogP contribution is 2.32. The number of ether oxygens (including phenoxy) is 2. The highest BCUT2D eigenvalue weighted by molar-refractivity contribution is 6.02. The van der Waals surface area contributed by atoms with Crippen LogP contribution < -0.4 is 4.90 Å². The number of nitrogens with zero attached hydrogens (tertiary/aromatic N) is 1. The molecule has 104 valence electrons. The average molecular weight is 275 g/mol. The Kier molecular flexibility index (Phi) is 3.15. The third-order valence-electron chi connectivity index (χ3n) is 3.23. The highest BCUT2D eigenvalue weighted by atomic mass is 16.6. The van der Waals surface area contributed by atoms with Crippen LogP contribution in [0.25, 0.3) is 11.0 Å². The molecular weight excluding hydrogens is 262 g/mol. The second kappa shape index (κ2) is 4.97. The summed E-state index contributed by atoms with van der Waals surface area (Å²) in [6.07, 6.45) is 1.54. The third kappa shape index (κ3) is 2.04. The smallest absolute Gasteiger partial charge is 0.414 e. The third-order valence-corrected chi connectivity index (χ3v) is 3.23. The van der Waals surface area contributed by atoms with Gasteiger partial charge in [-0.2, -0.15) is 0 Å². The maximum atomic E-state index is 11.9. The molecule has 1 aromatic heterocycles. The summed E-state index contributed by atoms with van der Waals surface area (Å²) in [5.74, 6) is 0. The molecule has 0 bridgehead atoms. The Morgan fingerprint density at radius 3 is 3.10 bits per heavy atom. The zero-order chi connectivity index (χ0) is 14.1. The number of hydrogen-bond acceptors (Lipinski definition) is 5. The average Bonchev–Trinajstić information content (AvgIpc) is 3.01. The van der Waals surface area contributed by atoms with E-state index in [1.807, 2.05) is 0 Å². The molecule has 0 aliphatic carbocycles. The van der Waals surface area contributed by atoms with Crippen molar-refractivity contribution in [2.75, 3.05) is 25.2 Å². The number of cyclic esters (lactones) is 1. The molecular formula is C14H13NO5. The van der Waals surface area contributed by atoms with Gasteiger partial charge in [-0.25, -0.2) is 4.79 Å². The molecule has 1 saturated heterocycles. The Bertz CT molecular complexity index is 663. The quantitative estimate of drug-likeness (QED) is 0.800. The summed E-state index contributed by atoms with van der Waals surface area (Å²) in [5, 5.41) is 0.769. The van der Waals surface area contributed by atoms with Crippen molar-refractivity contribution in [2.24, 2.45) is 0 Å². The van der Waals surface area contributed by atoms with Crippen molar-refractivity contribution < 1.29 is 23.5 Å². The molecule has 1 unspecified atom stereocenters. The first-order valence-corrected chi connectivity index (χ1v) is 6.16. The summed E-state index contributed by atoms with van der Waals surface area (Å²) in [6, 6.07) is 5.08. The Labute approximate surface area is 114 Å². The van der Waals surface area contributed by atoms with Gasteiger partial charge in [-0.3, -0.25) is 9.69 Å². The van der Waals surface area contributed by atoms with Crippen LogP contribution in [-0.4, -0.2) is 38.7 Å². The molecule has 0 spiro atoms. The number of rotatable bonds is 4. The normalized spacial score (nSPS) is 18.6. The molecule has 6 nitrogen and oxygen atoms in total. The van der Waals surface area contributed by atoms with Crippen molar-refractivity contribution in [3.63, 3.8) is 0 Å². The SMILES string of the molecule is COCC1CN(c2coc3cc(C=O)ccc23)C(=O)O1. The van der Waals surface area contributed by atoms with E-state index in [-0.39, 0.29) is 6.10 Å². The Morgan fingerprint density at radius 2 is 2.35 bits per heavy atom. The Morgan fingerprint density at radius 1 is 1.50 bits per heavy atom. The minimum atomic E-state index is -0.422. The second-order valence-electron chi connectivity index (χ2n) is 4.57. The Hall–Kier alpha value is -2.34. The first-order valence-electron chi connectivity index (χ1n) is 6.16. The molecule has 1 atom stereocenters. The molecule has 2 aromatic rings. The molecule has 3 rings (SSSR count). The number of amides is 1. The van der Waals surface area contributed by atoms with Gasteiger partial charge in [0.2, 0.25) is 0 Å². The first kappa shape index (κ1) is 12.7. The lowest BCUT2D eigenvalue weighted by Crippen LogP contribution is -2.25. The van der Waals surface area contributed by atoms with Crippen LogP contribution >= 0.6 is 0 Å². The van der Waals surface area contributed by atoms with Gasteiger partial charge in [-0.05, 0) is 12.1 Å². The number of hydrogen-bond donors (Lipinski definition) is 0. The van der Waals surface area contributed by atoms with Gasteiger partial charge in [0, 0.05) is 18.1 Å². The van der Waals surface area contributed by atoms with Crippen molar-refractivity contribution in [3.8, 4) is 0 Å². The van der Waals surface area contributed by atoms with E-state index in [1.165, 1.54) is 11.2 Å². The van der Waals surface area contributed by atoms with E-state index in [0.717, 1.165) is 11.7 Å². The maximum Gasteiger partial charge on any atom is 0.414 e. The van der Waals surface area contributed by atoms with Gasteiger partial charge in [-0.15, -0.1) is 0 Å². The largest absolute Gasteiger partial charge is 0.462 e. The van der Waals surface area contributed by atoms with Crippen LogP contribution in [-0.2, 0) is 9.47 Å². The number of fused-ring (bicyclic) bond motifs is 1. The van der Waals surface area contributed by atoms with Gasteiger partial charge in [0.15, 0.2) is 0 Å².